The fraction of sp³-hybridized carbons (Fsp3) is 0.448. The fourth-order valence-electron chi connectivity index (χ4n) is 5.51. The van der Waals surface area contributed by atoms with Gasteiger partial charge in [-0.3, -0.25) is 9.69 Å². The minimum absolute atomic E-state index is 0.172. The van der Waals surface area contributed by atoms with Crippen LogP contribution in [-0.4, -0.2) is 47.0 Å². The van der Waals surface area contributed by atoms with Gasteiger partial charge in [-0.2, -0.15) is 0 Å². The molecule has 6 heteroatoms. The minimum Gasteiger partial charge on any atom is -0.488 e. The summed E-state index contributed by atoms with van der Waals surface area (Å²) in [5.74, 6) is 1.92. The Morgan fingerprint density at radius 3 is 2.29 bits per heavy atom. The third-order valence-corrected chi connectivity index (χ3v) is 7.97. The maximum Gasteiger partial charge on any atom is 0.253 e. The Balaban J connectivity index is 1.14. The number of aromatic nitrogens is 1. The standard InChI is InChI=1S/C29H35N3O3/c1-22-26(23(2)35-30-22)21-34-27-11-7-6-10-25(27)20-31-16-12-29(13-17-31)14-18-32(19-15-29)28(33)24-8-4-3-5-9-24/h3-11H,12-21H2,1-2H3. The zero-order valence-electron chi connectivity index (χ0n) is 20.8. The van der Waals surface area contributed by atoms with Crippen molar-refractivity contribution in [1.82, 2.24) is 15.0 Å². The number of nitrogens with zero attached hydrogens (tertiary/aromatic N) is 3. The first kappa shape index (κ1) is 23.6. The molecule has 2 aliphatic rings. The molecule has 2 saturated heterocycles. The summed E-state index contributed by atoms with van der Waals surface area (Å²) in [7, 11) is 0. The van der Waals surface area contributed by atoms with Crippen molar-refractivity contribution >= 4 is 5.91 Å². The number of hydrogen-bond acceptors (Lipinski definition) is 5. The van der Waals surface area contributed by atoms with Crippen molar-refractivity contribution in [2.75, 3.05) is 26.2 Å². The molecule has 0 N–H and O–H groups in total. The van der Waals surface area contributed by atoms with Gasteiger partial charge in [-0.25, -0.2) is 0 Å². The van der Waals surface area contributed by atoms with Crippen LogP contribution in [0, 0.1) is 19.3 Å². The number of rotatable bonds is 6. The second-order valence-corrected chi connectivity index (χ2v) is 10.1. The summed E-state index contributed by atoms with van der Waals surface area (Å²) in [6.45, 7) is 9.16. The number of benzene rings is 2. The first-order valence-electron chi connectivity index (χ1n) is 12.7. The average Bonchev–Trinajstić information content (AvgIpc) is 3.22. The van der Waals surface area contributed by atoms with E-state index in [-0.39, 0.29) is 5.91 Å². The third-order valence-electron chi connectivity index (χ3n) is 7.97. The number of carbonyl (C=O) groups is 1. The van der Waals surface area contributed by atoms with Crippen LogP contribution < -0.4 is 4.74 Å². The van der Waals surface area contributed by atoms with Crippen LogP contribution in [-0.2, 0) is 13.2 Å². The van der Waals surface area contributed by atoms with Gasteiger partial charge in [0, 0.05) is 30.8 Å². The van der Waals surface area contributed by atoms with Crippen LogP contribution in [0.5, 0.6) is 5.75 Å². The number of amides is 1. The number of para-hydroxylation sites is 1. The van der Waals surface area contributed by atoms with E-state index in [9.17, 15) is 4.79 Å². The van der Waals surface area contributed by atoms with Gasteiger partial charge in [-0.05, 0) is 76.2 Å². The van der Waals surface area contributed by atoms with Crippen molar-refractivity contribution in [3.63, 3.8) is 0 Å². The van der Waals surface area contributed by atoms with Gasteiger partial charge in [0.25, 0.3) is 5.91 Å². The number of carbonyl (C=O) groups excluding carboxylic acids is 1. The number of likely N-dealkylation sites (tertiary alicyclic amines) is 2. The summed E-state index contributed by atoms with van der Waals surface area (Å²) >= 11 is 0. The van der Waals surface area contributed by atoms with Crippen molar-refractivity contribution in [1.29, 1.82) is 0 Å². The lowest BCUT2D eigenvalue weighted by Gasteiger charge is -2.47. The van der Waals surface area contributed by atoms with Gasteiger partial charge in [0.05, 0.1) is 11.3 Å². The van der Waals surface area contributed by atoms with Gasteiger partial charge in [0.1, 0.15) is 18.1 Å². The molecule has 1 spiro atoms. The Hall–Kier alpha value is -3.12. The summed E-state index contributed by atoms with van der Waals surface area (Å²) in [5.41, 5.74) is 4.31. The Bertz CT molecular complexity index is 1120. The first-order chi connectivity index (χ1) is 17.0. The van der Waals surface area contributed by atoms with Crippen molar-refractivity contribution in [2.45, 2.75) is 52.7 Å². The molecule has 2 aromatic carbocycles. The normalized spacial score (nSPS) is 18.1. The summed E-state index contributed by atoms with van der Waals surface area (Å²) in [6.07, 6.45) is 4.61. The van der Waals surface area contributed by atoms with Crippen molar-refractivity contribution in [3.05, 3.63) is 82.7 Å². The Morgan fingerprint density at radius 2 is 1.60 bits per heavy atom. The van der Waals surface area contributed by atoms with Gasteiger partial charge in [-0.1, -0.05) is 41.6 Å². The average molecular weight is 474 g/mol. The quantitative estimate of drug-likeness (QED) is 0.481. The molecule has 0 bridgehead atoms. The zero-order valence-corrected chi connectivity index (χ0v) is 20.8. The summed E-state index contributed by atoms with van der Waals surface area (Å²) in [5, 5.41) is 4.03. The van der Waals surface area contributed by atoms with Crippen LogP contribution >= 0.6 is 0 Å². The second kappa shape index (κ2) is 10.2. The monoisotopic (exact) mass is 473 g/mol. The van der Waals surface area contributed by atoms with E-state index < -0.39 is 0 Å². The molecule has 0 unspecified atom stereocenters. The van der Waals surface area contributed by atoms with E-state index in [2.05, 4.69) is 28.3 Å². The van der Waals surface area contributed by atoms with Gasteiger partial charge >= 0.3 is 0 Å². The summed E-state index contributed by atoms with van der Waals surface area (Å²) < 4.78 is 11.5. The molecule has 6 nitrogen and oxygen atoms in total. The molecule has 5 rings (SSSR count). The molecule has 1 aromatic heterocycles. The maximum atomic E-state index is 12.8. The van der Waals surface area contributed by atoms with Crippen molar-refractivity contribution in [2.24, 2.45) is 5.41 Å². The molecule has 2 fully saturated rings. The molecule has 0 radical (unpaired) electrons. The molecule has 184 valence electrons. The fourth-order valence-corrected chi connectivity index (χ4v) is 5.51. The molecule has 3 heterocycles. The van der Waals surface area contributed by atoms with Crippen LogP contribution in [0.15, 0.2) is 59.1 Å². The molecular weight excluding hydrogens is 438 g/mol. The van der Waals surface area contributed by atoms with Gasteiger partial charge in [0.15, 0.2) is 0 Å². The van der Waals surface area contributed by atoms with E-state index in [4.69, 9.17) is 9.26 Å². The number of hydrogen-bond donors (Lipinski definition) is 0. The van der Waals surface area contributed by atoms with Gasteiger partial charge in [-0.15, -0.1) is 0 Å². The smallest absolute Gasteiger partial charge is 0.253 e. The first-order valence-corrected chi connectivity index (χ1v) is 12.7. The Labute approximate surface area is 207 Å². The van der Waals surface area contributed by atoms with E-state index in [1.54, 1.807) is 0 Å². The lowest BCUT2D eigenvalue weighted by molar-refractivity contribution is 0.0283. The highest BCUT2D eigenvalue weighted by atomic mass is 16.5. The highest BCUT2D eigenvalue weighted by molar-refractivity contribution is 5.94. The topological polar surface area (TPSA) is 58.8 Å². The molecule has 0 aliphatic carbocycles. The van der Waals surface area contributed by atoms with Crippen LogP contribution in [0.25, 0.3) is 0 Å². The predicted molar refractivity (Wildman–Crippen MR) is 135 cm³/mol. The molecule has 0 saturated carbocycles. The molecule has 0 atom stereocenters. The summed E-state index contributed by atoms with van der Waals surface area (Å²) in [6, 6.07) is 18.0. The zero-order chi connectivity index (χ0) is 24.3. The van der Waals surface area contributed by atoms with E-state index in [0.717, 1.165) is 73.9 Å². The van der Waals surface area contributed by atoms with Gasteiger partial charge in [0.2, 0.25) is 0 Å². The van der Waals surface area contributed by atoms with E-state index in [1.807, 2.05) is 55.1 Å². The van der Waals surface area contributed by atoms with E-state index in [1.165, 1.54) is 18.4 Å². The minimum atomic E-state index is 0.172. The van der Waals surface area contributed by atoms with Crippen molar-refractivity contribution < 1.29 is 14.1 Å². The summed E-state index contributed by atoms with van der Waals surface area (Å²) in [4.78, 5) is 17.4. The van der Waals surface area contributed by atoms with Gasteiger partial charge < -0.3 is 14.2 Å². The van der Waals surface area contributed by atoms with Crippen LogP contribution in [0.4, 0.5) is 0 Å². The highest BCUT2D eigenvalue weighted by Crippen LogP contribution is 2.42. The van der Waals surface area contributed by atoms with Crippen molar-refractivity contribution in [3.8, 4) is 5.75 Å². The molecule has 3 aromatic rings. The van der Waals surface area contributed by atoms with Crippen LogP contribution in [0.3, 0.4) is 0 Å². The molecular formula is C29H35N3O3. The number of ether oxygens (including phenoxy) is 1. The lowest BCUT2D eigenvalue weighted by Crippen LogP contribution is -2.48. The molecule has 35 heavy (non-hydrogen) atoms. The number of aryl methyl sites for hydroxylation is 2. The largest absolute Gasteiger partial charge is 0.488 e. The Morgan fingerprint density at radius 1 is 0.943 bits per heavy atom. The van der Waals surface area contributed by atoms with Crippen LogP contribution in [0.1, 0.15) is 58.6 Å². The third kappa shape index (κ3) is 5.27. The van der Waals surface area contributed by atoms with E-state index >= 15 is 0 Å². The second-order valence-electron chi connectivity index (χ2n) is 10.1. The van der Waals surface area contributed by atoms with Crippen LogP contribution in [0.2, 0.25) is 0 Å². The Kier molecular flexibility index (Phi) is 6.91. The molecule has 2 aliphatic heterocycles. The van der Waals surface area contributed by atoms with E-state index in [0.29, 0.717) is 12.0 Å². The highest BCUT2D eigenvalue weighted by Gasteiger charge is 2.38. The lowest BCUT2D eigenvalue weighted by atomic mass is 9.71. The SMILES string of the molecule is Cc1noc(C)c1COc1ccccc1CN1CCC2(CC1)CCN(C(=O)c1ccccc1)CC2. The number of piperidine rings is 2. The molecule has 1 amide bonds. The maximum absolute atomic E-state index is 12.8. The predicted octanol–water partition coefficient (Wildman–Crippen LogP) is 5.39.